The molecular weight excluding hydrogens is 448 g/mol. The average Bonchev–Trinajstić information content (AvgIpc) is 2.51. The van der Waals surface area contributed by atoms with Crippen molar-refractivity contribution in [2.45, 2.75) is 0 Å². The number of anilines is 1. The third kappa shape index (κ3) is 4.60. The van der Waals surface area contributed by atoms with Gasteiger partial charge < -0.3 is 10.4 Å². The van der Waals surface area contributed by atoms with Crippen LogP contribution >= 0.6 is 44.1 Å². The van der Waals surface area contributed by atoms with E-state index < -0.39 is 5.97 Å². The highest BCUT2D eigenvalue weighted by atomic mass is 79.9. The molecule has 5 nitrogen and oxygen atoms in total. The van der Waals surface area contributed by atoms with Gasteiger partial charge in [-0.1, -0.05) is 18.2 Å². The second-order valence-corrected chi connectivity index (χ2v) is 6.51. The molecule has 0 aromatic heterocycles. The zero-order valence-electron chi connectivity index (χ0n) is 11.5. The molecule has 0 radical (unpaired) electrons. The first kappa shape index (κ1) is 17.6. The van der Waals surface area contributed by atoms with Gasteiger partial charge in [-0.25, -0.2) is 4.79 Å². The number of halogens is 2. The number of thiocarbonyl (C=S) groups is 1. The van der Waals surface area contributed by atoms with Gasteiger partial charge in [-0.15, -0.1) is 0 Å². The number of benzene rings is 2. The highest BCUT2D eigenvalue weighted by Gasteiger charge is 2.14. The molecule has 0 saturated heterocycles. The van der Waals surface area contributed by atoms with Gasteiger partial charge in [-0.05, 0) is 68.3 Å². The van der Waals surface area contributed by atoms with E-state index in [9.17, 15) is 9.59 Å². The molecule has 0 spiro atoms. The molecule has 0 unspecified atom stereocenters. The highest BCUT2D eigenvalue weighted by molar-refractivity contribution is 9.11. The lowest BCUT2D eigenvalue weighted by Gasteiger charge is -2.13. The summed E-state index contributed by atoms with van der Waals surface area (Å²) < 4.78 is 1.00. The van der Waals surface area contributed by atoms with E-state index in [0.717, 1.165) is 0 Å². The van der Waals surface area contributed by atoms with Crippen LogP contribution in [0.3, 0.4) is 0 Å². The van der Waals surface area contributed by atoms with Crippen LogP contribution in [-0.2, 0) is 0 Å². The second-order valence-electron chi connectivity index (χ2n) is 4.39. The van der Waals surface area contributed by atoms with E-state index >= 15 is 0 Å². The summed E-state index contributed by atoms with van der Waals surface area (Å²) in [4.78, 5) is 23.0. The second kappa shape index (κ2) is 7.67. The van der Waals surface area contributed by atoms with E-state index in [2.05, 4.69) is 42.5 Å². The van der Waals surface area contributed by atoms with Gasteiger partial charge in [0.1, 0.15) is 0 Å². The summed E-state index contributed by atoms with van der Waals surface area (Å²) in [6.45, 7) is 0. The summed E-state index contributed by atoms with van der Waals surface area (Å²) in [5.41, 5.74) is 1.12. The summed E-state index contributed by atoms with van der Waals surface area (Å²) in [5.74, 6) is -1.38. The van der Waals surface area contributed by atoms with Crippen molar-refractivity contribution in [3.63, 3.8) is 0 Å². The van der Waals surface area contributed by atoms with Gasteiger partial charge >= 0.3 is 5.97 Å². The van der Waals surface area contributed by atoms with Crippen LogP contribution in [0.5, 0.6) is 0 Å². The molecule has 0 bridgehead atoms. The van der Waals surface area contributed by atoms with Crippen LogP contribution in [0.25, 0.3) is 0 Å². The molecule has 118 valence electrons. The molecule has 3 N–H and O–H groups in total. The summed E-state index contributed by atoms with van der Waals surface area (Å²) in [6.07, 6.45) is 0. The van der Waals surface area contributed by atoms with E-state index in [1.165, 1.54) is 12.1 Å². The number of nitrogens with one attached hydrogen (secondary N) is 2. The number of rotatable bonds is 3. The molecule has 0 aliphatic rings. The summed E-state index contributed by atoms with van der Waals surface area (Å²) in [6, 6.07) is 11.5. The minimum atomic E-state index is -1.04. The third-order valence-electron chi connectivity index (χ3n) is 2.79. The lowest BCUT2D eigenvalue weighted by molar-refractivity contribution is 0.0696. The maximum absolute atomic E-state index is 12.0. The van der Waals surface area contributed by atoms with E-state index in [0.29, 0.717) is 20.2 Å². The Labute approximate surface area is 154 Å². The molecule has 0 atom stereocenters. The number of hydrogen-bond donors (Lipinski definition) is 3. The average molecular weight is 458 g/mol. The maximum atomic E-state index is 12.0. The zero-order valence-corrected chi connectivity index (χ0v) is 15.5. The van der Waals surface area contributed by atoms with Crippen molar-refractivity contribution in [2.75, 3.05) is 5.32 Å². The topological polar surface area (TPSA) is 78.4 Å². The molecule has 0 heterocycles. The van der Waals surface area contributed by atoms with Gasteiger partial charge in [0.05, 0.1) is 11.3 Å². The van der Waals surface area contributed by atoms with Crippen LogP contribution in [0.15, 0.2) is 51.4 Å². The Kier molecular flexibility index (Phi) is 5.86. The largest absolute Gasteiger partial charge is 0.478 e. The first-order valence-electron chi connectivity index (χ1n) is 6.28. The monoisotopic (exact) mass is 456 g/mol. The fourth-order valence-electron chi connectivity index (χ4n) is 1.73. The number of hydrogen-bond acceptors (Lipinski definition) is 3. The molecule has 2 aromatic carbocycles. The number of aromatic carboxylic acids is 1. The standard InChI is InChI=1S/C15H10Br2N2O3S/c16-10-6-9(14(21)22)7-11(17)12(10)18-15(23)19-13(20)8-4-2-1-3-5-8/h1-7H,(H,21,22)(H2,18,19,20,23). The van der Waals surface area contributed by atoms with Gasteiger partial charge in [0.2, 0.25) is 0 Å². The quantitative estimate of drug-likeness (QED) is 0.606. The lowest BCUT2D eigenvalue weighted by Crippen LogP contribution is -2.34. The SMILES string of the molecule is O=C(O)c1cc(Br)c(NC(=S)NC(=O)c2ccccc2)c(Br)c1. The van der Waals surface area contributed by atoms with Crippen molar-refractivity contribution in [1.82, 2.24) is 5.32 Å². The maximum Gasteiger partial charge on any atom is 0.335 e. The minimum Gasteiger partial charge on any atom is -0.478 e. The van der Waals surface area contributed by atoms with Crippen LogP contribution in [0.2, 0.25) is 0 Å². The molecule has 23 heavy (non-hydrogen) atoms. The van der Waals surface area contributed by atoms with Crippen LogP contribution in [0.1, 0.15) is 20.7 Å². The summed E-state index contributed by atoms with van der Waals surface area (Å²) >= 11 is 11.7. The van der Waals surface area contributed by atoms with Crippen molar-refractivity contribution >= 4 is 66.8 Å². The molecule has 2 aromatic rings. The number of carbonyl (C=O) groups is 2. The van der Waals surface area contributed by atoms with Crippen LogP contribution < -0.4 is 10.6 Å². The fourth-order valence-corrected chi connectivity index (χ4v) is 3.31. The molecule has 0 aliphatic heterocycles. The Morgan fingerprint density at radius 3 is 2.09 bits per heavy atom. The smallest absolute Gasteiger partial charge is 0.335 e. The van der Waals surface area contributed by atoms with Crippen molar-refractivity contribution in [1.29, 1.82) is 0 Å². The Morgan fingerprint density at radius 1 is 1.00 bits per heavy atom. The summed E-state index contributed by atoms with van der Waals surface area (Å²) in [5, 5.41) is 14.5. The van der Waals surface area contributed by atoms with Gasteiger partial charge in [-0.3, -0.25) is 10.1 Å². The lowest BCUT2D eigenvalue weighted by atomic mass is 10.2. The van der Waals surface area contributed by atoms with Crippen molar-refractivity contribution in [2.24, 2.45) is 0 Å². The van der Waals surface area contributed by atoms with Crippen LogP contribution in [0.4, 0.5) is 5.69 Å². The van der Waals surface area contributed by atoms with Gasteiger partial charge in [0.15, 0.2) is 5.11 Å². The normalized spacial score (nSPS) is 10.0. The predicted octanol–water partition coefficient (Wildman–Crippen LogP) is 4.04. The molecule has 1 amide bonds. The zero-order chi connectivity index (χ0) is 17.0. The molecule has 0 aliphatic carbocycles. The number of amides is 1. The molecule has 8 heteroatoms. The third-order valence-corrected chi connectivity index (χ3v) is 4.25. The Balaban J connectivity index is 2.12. The van der Waals surface area contributed by atoms with Crippen molar-refractivity contribution in [3.8, 4) is 0 Å². The highest BCUT2D eigenvalue weighted by Crippen LogP contribution is 2.32. The van der Waals surface area contributed by atoms with E-state index in [1.54, 1.807) is 24.3 Å². The van der Waals surface area contributed by atoms with E-state index in [4.69, 9.17) is 17.3 Å². The van der Waals surface area contributed by atoms with Gasteiger partial charge in [-0.2, -0.15) is 0 Å². The van der Waals surface area contributed by atoms with Gasteiger partial charge in [0, 0.05) is 14.5 Å². The molecule has 0 fully saturated rings. The van der Waals surface area contributed by atoms with Gasteiger partial charge in [0.25, 0.3) is 5.91 Å². The first-order chi connectivity index (χ1) is 10.9. The first-order valence-corrected chi connectivity index (χ1v) is 8.27. The fraction of sp³-hybridized carbons (Fsp3) is 0. The Morgan fingerprint density at radius 2 is 1.57 bits per heavy atom. The van der Waals surface area contributed by atoms with Crippen molar-refractivity contribution < 1.29 is 14.7 Å². The minimum absolute atomic E-state index is 0.100. The predicted molar refractivity (Wildman–Crippen MR) is 98.9 cm³/mol. The van der Waals surface area contributed by atoms with Crippen LogP contribution in [0, 0.1) is 0 Å². The number of carboxylic acids is 1. The number of carbonyl (C=O) groups excluding carboxylic acids is 1. The summed E-state index contributed by atoms with van der Waals surface area (Å²) in [7, 11) is 0. The Hall–Kier alpha value is -1.77. The van der Waals surface area contributed by atoms with Crippen LogP contribution in [-0.4, -0.2) is 22.1 Å². The van der Waals surface area contributed by atoms with E-state index in [-0.39, 0.29) is 16.6 Å². The Bertz CT molecular complexity index is 759. The number of carboxylic acid groups (broad SMARTS) is 1. The molecule has 2 rings (SSSR count). The molecular formula is C15H10Br2N2O3S. The van der Waals surface area contributed by atoms with Crippen molar-refractivity contribution in [3.05, 3.63) is 62.5 Å². The molecule has 0 saturated carbocycles. The van der Waals surface area contributed by atoms with E-state index in [1.807, 2.05) is 6.07 Å².